The van der Waals surface area contributed by atoms with Crippen LogP contribution >= 0.6 is 0 Å². The number of rotatable bonds is 3. The lowest BCUT2D eigenvalue weighted by molar-refractivity contribution is -0.137. The minimum Gasteiger partial charge on any atom is -0.480 e. The molecule has 0 atom stereocenters. The SMILES string of the molecule is Cc1cc(C(=O)N(C)CC(=O)O)nn1C. The molecule has 82 valence electrons. The van der Waals surface area contributed by atoms with Crippen LogP contribution in [0.4, 0.5) is 0 Å². The van der Waals surface area contributed by atoms with Gasteiger partial charge >= 0.3 is 5.97 Å². The van der Waals surface area contributed by atoms with Crippen LogP contribution in [0.1, 0.15) is 16.2 Å². The first-order valence-electron chi connectivity index (χ1n) is 4.39. The standard InChI is InChI=1S/C9H13N3O3/c1-6-4-7(10-12(6)3)9(15)11(2)5-8(13)14/h4H,5H2,1-3H3,(H,13,14). The predicted molar refractivity (Wildman–Crippen MR) is 52.5 cm³/mol. The van der Waals surface area contributed by atoms with Crippen LogP contribution in [0.5, 0.6) is 0 Å². The summed E-state index contributed by atoms with van der Waals surface area (Å²) in [6.45, 7) is 1.50. The number of likely N-dealkylation sites (N-methyl/N-ethyl adjacent to an activating group) is 1. The highest BCUT2D eigenvalue weighted by Crippen LogP contribution is 2.04. The van der Waals surface area contributed by atoms with Crippen molar-refractivity contribution in [2.24, 2.45) is 7.05 Å². The van der Waals surface area contributed by atoms with Crippen LogP contribution in [0.3, 0.4) is 0 Å². The molecule has 1 heterocycles. The molecule has 0 aliphatic carbocycles. The fraction of sp³-hybridized carbons (Fsp3) is 0.444. The molecule has 0 fully saturated rings. The summed E-state index contributed by atoms with van der Waals surface area (Å²) in [5.41, 5.74) is 1.11. The highest BCUT2D eigenvalue weighted by atomic mass is 16.4. The zero-order valence-electron chi connectivity index (χ0n) is 8.89. The second kappa shape index (κ2) is 4.12. The normalized spacial score (nSPS) is 10.1. The lowest BCUT2D eigenvalue weighted by atomic mass is 10.3. The van der Waals surface area contributed by atoms with Crippen LogP contribution in [-0.4, -0.2) is 45.3 Å². The molecule has 1 amide bonds. The number of carboxylic acids is 1. The van der Waals surface area contributed by atoms with Crippen LogP contribution in [-0.2, 0) is 11.8 Å². The molecule has 1 aromatic rings. The van der Waals surface area contributed by atoms with E-state index in [1.807, 2.05) is 6.92 Å². The minimum absolute atomic E-state index is 0.263. The van der Waals surface area contributed by atoms with Crippen molar-refractivity contribution in [2.75, 3.05) is 13.6 Å². The zero-order chi connectivity index (χ0) is 11.6. The van der Waals surface area contributed by atoms with Gasteiger partial charge in [-0.1, -0.05) is 0 Å². The van der Waals surface area contributed by atoms with E-state index in [9.17, 15) is 9.59 Å². The van der Waals surface area contributed by atoms with E-state index in [-0.39, 0.29) is 18.1 Å². The quantitative estimate of drug-likeness (QED) is 0.756. The molecule has 0 aliphatic rings. The lowest BCUT2D eigenvalue weighted by Gasteiger charge is -2.12. The number of aryl methyl sites for hydroxylation is 2. The molecule has 0 unspecified atom stereocenters. The molecule has 6 heteroatoms. The van der Waals surface area contributed by atoms with E-state index in [1.54, 1.807) is 17.8 Å². The Bertz CT molecular complexity index is 378. The summed E-state index contributed by atoms with van der Waals surface area (Å²) in [6.07, 6.45) is 0. The Morgan fingerprint density at radius 2 is 2.20 bits per heavy atom. The molecule has 15 heavy (non-hydrogen) atoms. The summed E-state index contributed by atoms with van der Waals surface area (Å²) in [5, 5.41) is 12.5. The van der Waals surface area contributed by atoms with Gasteiger partial charge in [-0.05, 0) is 13.0 Å². The van der Waals surface area contributed by atoms with E-state index in [4.69, 9.17) is 5.11 Å². The number of aliphatic carboxylic acids is 1. The van der Waals surface area contributed by atoms with Crippen molar-refractivity contribution in [3.63, 3.8) is 0 Å². The molecule has 0 saturated carbocycles. The van der Waals surface area contributed by atoms with E-state index in [0.29, 0.717) is 0 Å². The first-order valence-corrected chi connectivity index (χ1v) is 4.39. The molecule has 6 nitrogen and oxygen atoms in total. The van der Waals surface area contributed by atoms with Crippen LogP contribution < -0.4 is 0 Å². The van der Waals surface area contributed by atoms with Gasteiger partial charge < -0.3 is 10.0 Å². The summed E-state index contributed by atoms with van der Waals surface area (Å²) in [7, 11) is 3.16. The molecular weight excluding hydrogens is 198 g/mol. The Hall–Kier alpha value is -1.85. The van der Waals surface area contributed by atoms with Crippen molar-refractivity contribution >= 4 is 11.9 Å². The fourth-order valence-corrected chi connectivity index (χ4v) is 1.14. The smallest absolute Gasteiger partial charge is 0.323 e. The second-order valence-electron chi connectivity index (χ2n) is 3.35. The average Bonchev–Trinajstić information content (AvgIpc) is 2.44. The van der Waals surface area contributed by atoms with Gasteiger partial charge in [-0.3, -0.25) is 14.3 Å². The second-order valence-corrected chi connectivity index (χ2v) is 3.35. The largest absolute Gasteiger partial charge is 0.480 e. The van der Waals surface area contributed by atoms with Crippen LogP contribution in [0.25, 0.3) is 0 Å². The number of carbonyl (C=O) groups is 2. The summed E-state index contributed by atoms with van der Waals surface area (Å²) >= 11 is 0. The van der Waals surface area contributed by atoms with Crippen LogP contribution in [0, 0.1) is 6.92 Å². The third-order valence-corrected chi connectivity index (χ3v) is 2.05. The molecule has 1 N–H and O–H groups in total. The fourth-order valence-electron chi connectivity index (χ4n) is 1.14. The first-order chi connectivity index (χ1) is 6.91. The Balaban J connectivity index is 2.80. The minimum atomic E-state index is -1.04. The van der Waals surface area contributed by atoms with Gasteiger partial charge in [0.15, 0.2) is 5.69 Å². The Morgan fingerprint density at radius 1 is 1.60 bits per heavy atom. The Morgan fingerprint density at radius 3 is 2.60 bits per heavy atom. The molecule has 1 aromatic heterocycles. The molecule has 1 rings (SSSR count). The first kappa shape index (κ1) is 11.2. The molecule has 0 saturated heterocycles. The van der Waals surface area contributed by atoms with Gasteiger partial charge in [-0.2, -0.15) is 5.10 Å². The molecule has 0 bridgehead atoms. The maximum absolute atomic E-state index is 11.6. The zero-order valence-corrected chi connectivity index (χ0v) is 8.89. The van der Waals surface area contributed by atoms with Crippen LogP contribution in [0.2, 0.25) is 0 Å². The Kier molecular flexibility index (Phi) is 3.08. The predicted octanol–water partition coefficient (Wildman–Crippen LogP) is -0.115. The number of carboxylic acid groups (broad SMARTS) is 1. The summed E-state index contributed by atoms with van der Waals surface area (Å²) in [6, 6.07) is 1.63. The van der Waals surface area contributed by atoms with Gasteiger partial charge in [0.1, 0.15) is 6.54 Å². The highest BCUT2D eigenvalue weighted by Gasteiger charge is 2.17. The number of hydrogen-bond donors (Lipinski definition) is 1. The number of nitrogens with zero attached hydrogens (tertiary/aromatic N) is 3. The third kappa shape index (κ3) is 2.55. The third-order valence-electron chi connectivity index (χ3n) is 2.05. The monoisotopic (exact) mass is 211 g/mol. The molecule has 0 aliphatic heterocycles. The number of hydrogen-bond acceptors (Lipinski definition) is 3. The van der Waals surface area contributed by atoms with E-state index < -0.39 is 5.97 Å². The maximum atomic E-state index is 11.6. The molecule has 0 spiro atoms. The summed E-state index contributed by atoms with van der Waals surface area (Å²) < 4.78 is 1.57. The van der Waals surface area contributed by atoms with E-state index in [2.05, 4.69) is 5.10 Å². The van der Waals surface area contributed by atoms with E-state index in [0.717, 1.165) is 10.6 Å². The molecular formula is C9H13N3O3. The van der Waals surface area contributed by atoms with Gasteiger partial charge in [-0.15, -0.1) is 0 Å². The number of aromatic nitrogens is 2. The van der Waals surface area contributed by atoms with Crippen LogP contribution in [0.15, 0.2) is 6.07 Å². The summed E-state index contributed by atoms with van der Waals surface area (Å²) in [4.78, 5) is 23.1. The lowest BCUT2D eigenvalue weighted by Crippen LogP contribution is -2.32. The van der Waals surface area contributed by atoms with Crippen molar-refractivity contribution in [3.05, 3.63) is 17.5 Å². The van der Waals surface area contributed by atoms with Crippen molar-refractivity contribution in [1.82, 2.24) is 14.7 Å². The van der Waals surface area contributed by atoms with Crippen molar-refractivity contribution < 1.29 is 14.7 Å². The maximum Gasteiger partial charge on any atom is 0.323 e. The van der Waals surface area contributed by atoms with Gasteiger partial charge in [0.2, 0.25) is 0 Å². The average molecular weight is 211 g/mol. The summed E-state index contributed by atoms with van der Waals surface area (Å²) in [5.74, 6) is -1.43. The molecule has 0 aromatic carbocycles. The van der Waals surface area contributed by atoms with Gasteiger partial charge in [0.25, 0.3) is 5.91 Å². The number of carbonyl (C=O) groups excluding carboxylic acids is 1. The van der Waals surface area contributed by atoms with Crippen molar-refractivity contribution in [1.29, 1.82) is 0 Å². The van der Waals surface area contributed by atoms with E-state index >= 15 is 0 Å². The van der Waals surface area contributed by atoms with Gasteiger partial charge in [-0.25, -0.2) is 0 Å². The van der Waals surface area contributed by atoms with E-state index in [1.165, 1.54) is 7.05 Å². The van der Waals surface area contributed by atoms with Gasteiger partial charge in [0, 0.05) is 19.8 Å². The molecule has 0 radical (unpaired) electrons. The topological polar surface area (TPSA) is 75.4 Å². The van der Waals surface area contributed by atoms with Gasteiger partial charge in [0.05, 0.1) is 0 Å². The van der Waals surface area contributed by atoms with Crippen molar-refractivity contribution in [2.45, 2.75) is 6.92 Å². The number of amides is 1. The van der Waals surface area contributed by atoms with Crippen molar-refractivity contribution in [3.8, 4) is 0 Å². The Labute approximate surface area is 87.1 Å². The highest BCUT2D eigenvalue weighted by molar-refractivity contribution is 5.93.